The van der Waals surface area contributed by atoms with Gasteiger partial charge in [0.2, 0.25) is 5.91 Å². The van der Waals surface area contributed by atoms with Gasteiger partial charge in [0.25, 0.3) is 5.91 Å². The smallest absolute Gasteiger partial charge is 0.325 e. The molecule has 5 rings (SSSR count). The number of aromatic nitrogens is 1. The van der Waals surface area contributed by atoms with Crippen molar-refractivity contribution in [1.29, 1.82) is 0 Å². The molecule has 184 valence electrons. The van der Waals surface area contributed by atoms with Crippen LogP contribution in [0.5, 0.6) is 0 Å². The lowest BCUT2D eigenvalue weighted by Crippen LogP contribution is -2.55. The van der Waals surface area contributed by atoms with Gasteiger partial charge in [0.05, 0.1) is 18.3 Å². The number of pyridine rings is 1. The van der Waals surface area contributed by atoms with Crippen LogP contribution < -0.4 is 5.32 Å². The van der Waals surface area contributed by atoms with E-state index in [2.05, 4.69) is 38.0 Å². The third-order valence-electron chi connectivity index (χ3n) is 9.30. The Labute approximate surface area is 201 Å². The van der Waals surface area contributed by atoms with Gasteiger partial charge in [0.15, 0.2) is 5.54 Å². The number of piperidine rings is 1. The van der Waals surface area contributed by atoms with Crippen LogP contribution >= 0.6 is 0 Å². The Bertz CT molecular complexity index is 966. The molecule has 0 aromatic carbocycles. The Morgan fingerprint density at radius 2 is 1.82 bits per heavy atom. The van der Waals surface area contributed by atoms with Crippen molar-refractivity contribution in [3.63, 3.8) is 0 Å². The molecule has 1 aliphatic carbocycles. The second-order valence-electron chi connectivity index (χ2n) is 11.5. The molecule has 0 bridgehead atoms. The van der Waals surface area contributed by atoms with Crippen LogP contribution in [0.4, 0.5) is 4.79 Å². The maximum atomic E-state index is 13.9. The molecule has 34 heavy (non-hydrogen) atoms. The maximum Gasteiger partial charge on any atom is 0.325 e. The summed E-state index contributed by atoms with van der Waals surface area (Å²) in [6.07, 6.45) is 4.61. The summed E-state index contributed by atoms with van der Waals surface area (Å²) in [6, 6.07) is 5.09. The number of carbonyl (C=O) groups excluding carboxylic acids is 3. The van der Waals surface area contributed by atoms with Crippen molar-refractivity contribution in [1.82, 2.24) is 20.1 Å². The molecule has 3 saturated heterocycles. The highest BCUT2D eigenvalue weighted by Gasteiger charge is 2.69. The summed E-state index contributed by atoms with van der Waals surface area (Å²) in [5.74, 6) is -0.156. The fraction of sp³-hybridized carbons (Fsp3) is 0.692. The lowest BCUT2D eigenvalue weighted by atomic mass is 9.75. The highest BCUT2D eigenvalue weighted by molar-refractivity contribution is 6.07. The number of hydrogen-bond donors (Lipinski definition) is 1. The molecular formula is C26H36N4O4. The molecule has 1 aromatic rings. The van der Waals surface area contributed by atoms with E-state index in [0.29, 0.717) is 38.2 Å². The molecular weight excluding hydrogens is 432 g/mol. The van der Waals surface area contributed by atoms with Crippen molar-refractivity contribution in [2.24, 2.45) is 22.7 Å². The maximum absolute atomic E-state index is 13.9. The predicted octanol–water partition coefficient (Wildman–Crippen LogP) is 2.93. The Hall–Kier alpha value is -2.48. The number of nitrogens with zero attached hydrogens (tertiary/aromatic N) is 3. The third kappa shape index (κ3) is 3.36. The fourth-order valence-corrected chi connectivity index (χ4v) is 6.54. The van der Waals surface area contributed by atoms with Gasteiger partial charge in [0.1, 0.15) is 0 Å². The normalized spacial score (nSPS) is 31.1. The average Bonchev–Trinajstić information content (AvgIpc) is 3.22. The summed E-state index contributed by atoms with van der Waals surface area (Å²) < 4.78 is 5.70. The number of nitrogens with one attached hydrogen (secondary N) is 1. The van der Waals surface area contributed by atoms with Gasteiger partial charge in [-0.25, -0.2) is 4.79 Å². The van der Waals surface area contributed by atoms with Crippen molar-refractivity contribution in [2.75, 3.05) is 26.2 Å². The first-order chi connectivity index (χ1) is 16.1. The minimum atomic E-state index is -1.20. The van der Waals surface area contributed by atoms with Crippen LogP contribution in [0.25, 0.3) is 0 Å². The van der Waals surface area contributed by atoms with E-state index in [1.807, 2.05) is 23.1 Å². The minimum absolute atomic E-state index is 0.00564. The monoisotopic (exact) mass is 468 g/mol. The van der Waals surface area contributed by atoms with Gasteiger partial charge in [-0.05, 0) is 48.6 Å². The van der Waals surface area contributed by atoms with Crippen LogP contribution in [0, 0.1) is 22.7 Å². The van der Waals surface area contributed by atoms with E-state index in [4.69, 9.17) is 4.74 Å². The second-order valence-corrected chi connectivity index (χ2v) is 11.5. The zero-order valence-electron chi connectivity index (χ0n) is 20.7. The lowest BCUT2D eigenvalue weighted by Gasteiger charge is -2.40. The summed E-state index contributed by atoms with van der Waals surface area (Å²) in [7, 11) is 0. The number of imide groups is 1. The Balaban J connectivity index is 1.37. The molecule has 0 spiro atoms. The lowest BCUT2D eigenvalue weighted by molar-refractivity contribution is -0.138. The standard InChI is InChI=1S/C26H36N4O4/c1-24(2)20(25(24,3)4)21(31)29-13-10-17(11-14-29)26(19-9-5-6-12-27-19)22(32)30(23(33)28-26)16-18-8-7-15-34-18/h5-6,9,12,17-18,20H,7-8,10-11,13-16H2,1-4H3,(H,28,33)/t18-,26-/m1/s1. The van der Waals surface area contributed by atoms with Crippen LogP contribution in [-0.2, 0) is 19.9 Å². The summed E-state index contributed by atoms with van der Waals surface area (Å²) in [5, 5.41) is 3.05. The quantitative estimate of drug-likeness (QED) is 0.671. The highest BCUT2D eigenvalue weighted by atomic mass is 16.5. The van der Waals surface area contributed by atoms with E-state index in [-0.39, 0.29) is 53.2 Å². The van der Waals surface area contributed by atoms with E-state index in [1.165, 1.54) is 4.90 Å². The number of hydrogen-bond acceptors (Lipinski definition) is 5. The van der Waals surface area contributed by atoms with E-state index in [0.717, 1.165) is 12.8 Å². The molecule has 4 fully saturated rings. The number of amides is 4. The van der Waals surface area contributed by atoms with Crippen molar-refractivity contribution in [3.05, 3.63) is 30.1 Å². The first-order valence-corrected chi connectivity index (χ1v) is 12.6. The van der Waals surface area contributed by atoms with Crippen LogP contribution in [0.15, 0.2) is 24.4 Å². The zero-order chi connectivity index (χ0) is 24.3. The molecule has 1 saturated carbocycles. The SMILES string of the molecule is CC1(C)C(C(=O)N2CCC([C@]3(c4ccccn4)NC(=O)N(C[C@H]4CCCO4)C3=O)CC2)C1(C)C. The van der Waals surface area contributed by atoms with Gasteiger partial charge in [-0.3, -0.25) is 19.5 Å². The van der Waals surface area contributed by atoms with Crippen molar-refractivity contribution in [3.8, 4) is 0 Å². The molecule has 1 aromatic heterocycles. The van der Waals surface area contributed by atoms with Crippen LogP contribution in [0.2, 0.25) is 0 Å². The van der Waals surface area contributed by atoms with Crippen molar-refractivity contribution >= 4 is 17.8 Å². The largest absolute Gasteiger partial charge is 0.376 e. The topological polar surface area (TPSA) is 91.8 Å². The number of likely N-dealkylation sites (tertiary alicyclic amines) is 1. The molecule has 1 N–H and O–H groups in total. The number of ether oxygens (including phenoxy) is 1. The third-order valence-corrected chi connectivity index (χ3v) is 9.30. The average molecular weight is 469 g/mol. The van der Waals surface area contributed by atoms with Crippen LogP contribution in [0.1, 0.15) is 59.1 Å². The first-order valence-electron chi connectivity index (χ1n) is 12.6. The Morgan fingerprint density at radius 1 is 1.12 bits per heavy atom. The van der Waals surface area contributed by atoms with E-state index in [9.17, 15) is 14.4 Å². The molecule has 4 aliphatic rings. The zero-order valence-corrected chi connectivity index (χ0v) is 20.7. The first kappa shape index (κ1) is 23.3. The van der Waals surface area contributed by atoms with Crippen LogP contribution in [0.3, 0.4) is 0 Å². The van der Waals surface area contributed by atoms with Crippen molar-refractivity contribution < 1.29 is 19.1 Å². The van der Waals surface area contributed by atoms with E-state index in [1.54, 1.807) is 6.20 Å². The molecule has 3 aliphatic heterocycles. The van der Waals surface area contributed by atoms with E-state index < -0.39 is 5.54 Å². The summed E-state index contributed by atoms with van der Waals surface area (Å²) in [4.78, 5) is 48.0. The van der Waals surface area contributed by atoms with Gasteiger partial charge in [0, 0.05) is 37.7 Å². The van der Waals surface area contributed by atoms with Gasteiger partial charge >= 0.3 is 6.03 Å². The summed E-state index contributed by atoms with van der Waals surface area (Å²) in [6.45, 7) is 10.7. The molecule has 0 radical (unpaired) electrons. The molecule has 4 amide bonds. The Kier molecular flexibility index (Phi) is 5.50. The van der Waals surface area contributed by atoms with E-state index >= 15 is 0 Å². The molecule has 8 nitrogen and oxygen atoms in total. The fourth-order valence-electron chi connectivity index (χ4n) is 6.54. The van der Waals surface area contributed by atoms with Gasteiger partial charge in [-0.2, -0.15) is 0 Å². The number of carbonyl (C=O) groups is 3. The summed E-state index contributed by atoms with van der Waals surface area (Å²) >= 11 is 0. The molecule has 0 unspecified atom stereocenters. The van der Waals surface area contributed by atoms with Gasteiger partial charge in [-0.1, -0.05) is 33.8 Å². The number of rotatable bonds is 5. The summed E-state index contributed by atoms with van der Waals surface area (Å²) in [5.41, 5.74) is -0.648. The Morgan fingerprint density at radius 3 is 2.38 bits per heavy atom. The predicted molar refractivity (Wildman–Crippen MR) is 125 cm³/mol. The van der Waals surface area contributed by atoms with Crippen LogP contribution in [-0.4, -0.2) is 65.0 Å². The number of urea groups is 1. The molecule has 8 heteroatoms. The van der Waals surface area contributed by atoms with Gasteiger partial charge in [-0.15, -0.1) is 0 Å². The van der Waals surface area contributed by atoms with Crippen molar-refractivity contribution in [2.45, 2.75) is 65.0 Å². The van der Waals surface area contributed by atoms with Gasteiger partial charge < -0.3 is 15.0 Å². The highest BCUT2D eigenvalue weighted by Crippen LogP contribution is 2.68. The molecule has 2 atom stereocenters. The molecule has 4 heterocycles. The minimum Gasteiger partial charge on any atom is -0.376 e. The second kappa shape index (κ2) is 8.04.